The number of nitrogens with one attached hydrogen (secondary N) is 3. The smallest absolute Gasteiger partial charge is 0.247 e. The van der Waals surface area contributed by atoms with Crippen LogP contribution in [-0.2, 0) is 28.0 Å². The lowest BCUT2D eigenvalue weighted by Gasteiger charge is -2.44. The summed E-state index contributed by atoms with van der Waals surface area (Å²) in [6.07, 6.45) is 5.28. The minimum Gasteiger partial charge on any atom is -0.489 e. The molecule has 9 aromatic carbocycles. The molecule has 2 aromatic heterocycles. The van der Waals surface area contributed by atoms with Crippen LogP contribution in [0.2, 0.25) is 0 Å². The Balaban J connectivity index is 0.000000184. The second-order valence-corrected chi connectivity index (χ2v) is 23.6. The molecule has 458 valence electrons. The zero-order valence-electron chi connectivity index (χ0n) is 51.8. The van der Waals surface area contributed by atoms with Gasteiger partial charge < -0.3 is 45.6 Å². The summed E-state index contributed by atoms with van der Waals surface area (Å²) in [6.45, 7) is 12.3. The minimum absolute atomic E-state index is 0.0134. The number of aromatic nitrogens is 2. The molecule has 7 N–H and O–H groups in total. The topological polar surface area (TPSA) is 226 Å². The highest BCUT2D eigenvalue weighted by Crippen LogP contribution is 2.34. The summed E-state index contributed by atoms with van der Waals surface area (Å²) in [6, 6.07) is 74.0. The molecule has 4 atom stereocenters. The average molecular weight is 1200 g/mol. The highest BCUT2D eigenvalue weighted by Gasteiger charge is 2.42. The lowest BCUT2D eigenvalue weighted by atomic mass is 9.84. The third-order valence-electron chi connectivity index (χ3n) is 15.6. The molecule has 0 bridgehead atoms. The van der Waals surface area contributed by atoms with Crippen LogP contribution < -0.4 is 20.5 Å². The van der Waals surface area contributed by atoms with Crippen LogP contribution in [0.5, 0.6) is 11.5 Å². The fourth-order valence-corrected chi connectivity index (χ4v) is 10.9. The molecular weight excluding hydrogens is 1120 g/mol. The summed E-state index contributed by atoms with van der Waals surface area (Å²) in [4.78, 5) is 36.8. The second-order valence-electron chi connectivity index (χ2n) is 23.6. The van der Waals surface area contributed by atoms with Gasteiger partial charge in [-0.2, -0.15) is 15.5 Å². The highest BCUT2D eigenvalue weighted by atomic mass is 16.5. The van der Waals surface area contributed by atoms with Crippen molar-refractivity contribution in [3.8, 4) is 23.6 Å². The average Bonchev–Trinajstić information content (AvgIpc) is 0.916. The molecule has 0 saturated carbocycles. The number of carbonyl (C=O) groups is 1. The van der Waals surface area contributed by atoms with Gasteiger partial charge >= 0.3 is 0 Å². The lowest BCUT2D eigenvalue weighted by molar-refractivity contribution is -0.144. The first-order valence-corrected chi connectivity index (χ1v) is 30.0. The van der Waals surface area contributed by atoms with Gasteiger partial charge in [0.1, 0.15) is 54.6 Å². The molecule has 14 heteroatoms. The summed E-state index contributed by atoms with van der Waals surface area (Å²) in [5, 5.41) is 49.9. The number of aliphatic hydroxyl groups excluding tert-OH is 2. The number of aliphatic imine (C=N–C) groups is 1. The van der Waals surface area contributed by atoms with Gasteiger partial charge in [-0.3, -0.25) is 4.79 Å². The maximum absolute atomic E-state index is 14.6. The number of rotatable bonds is 20. The van der Waals surface area contributed by atoms with Crippen molar-refractivity contribution in [3.05, 3.63) is 264 Å². The summed E-state index contributed by atoms with van der Waals surface area (Å²) in [7, 11) is 0. The number of carbonyl (C=O) groups excluding carboxylic acids is 2. The number of ether oxygens (including phenoxy) is 2. The SMILES string of the molecule is CC(C)(Cc1c[nH]c2ccccc12)NCC(O)COc1ccccc1C#N.CC(N)(C(=O)N(CC(O)COc1ccccc1C#N)C(C)(C)Cc1c[nH]c2ccccc12)c1cccc2ccccc12.CC(N=C=O)c1cccc2ccccc12.c1ccccc1. The van der Waals surface area contributed by atoms with Crippen LogP contribution in [0.4, 0.5) is 0 Å². The highest BCUT2D eigenvalue weighted by molar-refractivity contribution is 5.96. The molecule has 1 amide bonds. The van der Waals surface area contributed by atoms with Gasteiger partial charge in [0.25, 0.3) is 0 Å². The van der Waals surface area contributed by atoms with Gasteiger partial charge in [0, 0.05) is 51.8 Å². The van der Waals surface area contributed by atoms with Crippen molar-refractivity contribution >= 4 is 55.3 Å². The first-order valence-electron chi connectivity index (χ1n) is 30.0. The molecule has 4 unspecified atom stereocenters. The van der Waals surface area contributed by atoms with Crippen LogP contribution >= 0.6 is 0 Å². The standard InChI is InChI=1S/C35H36N4O3.C22H25N3O2.C13H11NO.C6H6/c1-34(2,19-26-21-38-31-17-8-7-15-29(26)31)39(22-27(40)23-42-32-18-9-5-12-25(32)20-36)33(41)35(3,37)30-16-10-13-24-11-4-6-14-28(24)30;1-22(2,11-17-13-24-20-9-5-4-8-19(17)20)25-14-18(26)15-27-21-10-6-3-7-16(21)12-23;1-10(14-9-15)12-8-4-6-11-5-2-3-7-13(11)12;1-2-4-6-5-3-1/h4-18,21,27,38,40H,19,22-23,37H2,1-3H3;3-10,13,18,24-26H,11,14-15H2,1-2H3;2-8,10H,1H3;1-6H. The third kappa shape index (κ3) is 17.3. The monoisotopic (exact) mass is 1200 g/mol. The van der Waals surface area contributed by atoms with Crippen molar-refractivity contribution in [1.82, 2.24) is 20.2 Å². The van der Waals surface area contributed by atoms with Gasteiger partial charge in [0.05, 0.1) is 23.7 Å². The van der Waals surface area contributed by atoms with E-state index in [1.165, 1.54) is 16.3 Å². The number of aromatic amines is 2. The number of nitrogens with two attached hydrogens (primary N) is 1. The van der Waals surface area contributed by atoms with E-state index in [1.54, 1.807) is 60.4 Å². The number of β-amino-alcohol motifs (C(OH)–C–C–N with tert-alkyl or cyclic N) is 2. The van der Waals surface area contributed by atoms with E-state index in [1.807, 2.05) is 179 Å². The van der Waals surface area contributed by atoms with E-state index in [0.29, 0.717) is 41.2 Å². The number of nitrogens with zero attached hydrogens (tertiary/aromatic N) is 4. The zero-order valence-corrected chi connectivity index (χ0v) is 51.8. The number of hydrogen-bond acceptors (Lipinski definition) is 11. The van der Waals surface area contributed by atoms with Gasteiger partial charge in [0.15, 0.2) is 0 Å². The first-order chi connectivity index (χ1) is 43.4. The van der Waals surface area contributed by atoms with E-state index < -0.39 is 23.3 Å². The molecule has 0 spiro atoms. The van der Waals surface area contributed by atoms with Crippen LogP contribution in [-0.4, -0.2) is 86.7 Å². The predicted molar refractivity (Wildman–Crippen MR) is 360 cm³/mol. The Morgan fingerprint density at radius 2 is 1.02 bits per heavy atom. The van der Waals surface area contributed by atoms with E-state index in [2.05, 4.69) is 76.6 Å². The van der Waals surface area contributed by atoms with Crippen LogP contribution in [0.25, 0.3) is 43.4 Å². The predicted octanol–water partition coefficient (Wildman–Crippen LogP) is 14.0. The van der Waals surface area contributed by atoms with Gasteiger partial charge in [-0.15, -0.1) is 0 Å². The molecular formula is C76H78N8O6. The molecule has 90 heavy (non-hydrogen) atoms. The maximum Gasteiger partial charge on any atom is 0.247 e. The Bertz CT molecular complexity index is 4230. The molecule has 2 heterocycles. The fraction of sp³-hybridized carbons (Fsp3) is 0.237. The van der Waals surface area contributed by atoms with E-state index >= 15 is 0 Å². The summed E-state index contributed by atoms with van der Waals surface area (Å²) >= 11 is 0. The maximum atomic E-state index is 14.6. The van der Waals surface area contributed by atoms with Gasteiger partial charge in [0.2, 0.25) is 12.0 Å². The van der Waals surface area contributed by atoms with Crippen LogP contribution in [0.3, 0.4) is 0 Å². The van der Waals surface area contributed by atoms with E-state index in [9.17, 15) is 25.1 Å². The molecule has 0 aliphatic rings. The molecule has 0 fully saturated rings. The van der Waals surface area contributed by atoms with Crippen molar-refractivity contribution in [3.63, 3.8) is 0 Å². The number of benzene rings is 9. The number of nitriles is 2. The van der Waals surface area contributed by atoms with Gasteiger partial charge in [-0.1, -0.05) is 182 Å². The Morgan fingerprint density at radius 1 is 0.578 bits per heavy atom. The molecule has 11 aromatic rings. The van der Waals surface area contributed by atoms with Crippen molar-refractivity contribution < 1.29 is 29.3 Å². The molecule has 0 radical (unpaired) electrons. The molecule has 0 aliphatic heterocycles. The Labute approximate surface area is 526 Å². The lowest BCUT2D eigenvalue weighted by Crippen LogP contribution is -2.60. The molecule has 14 nitrogen and oxygen atoms in total. The first kappa shape index (κ1) is 65.8. The normalized spacial score (nSPS) is 12.8. The molecule has 0 saturated heterocycles. The second kappa shape index (κ2) is 31.2. The number of isocyanates is 1. The van der Waals surface area contributed by atoms with Gasteiger partial charge in [-0.05, 0) is 135 Å². The quantitative estimate of drug-likeness (QED) is 0.0313. The zero-order chi connectivity index (χ0) is 64.1. The number of aliphatic hydroxyl groups is 2. The number of hydrogen-bond donors (Lipinski definition) is 6. The third-order valence-corrected chi connectivity index (χ3v) is 15.6. The number of para-hydroxylation sites is 4. The van der Waals surface area contributed by atoms with Crippen molar-refractivity contribution in [1.29, 1.82) is 10.5 Å². The minimum atomic E-state index is -1.38. The van der Waals surface area contributed by atoms with E-state index in [-0.39, 0.29) is 37.2 Å². The summed E-state index contributed by atoms with van der Waals surface area (Å²) in [5.74, 6) is 0.576. The van der Waals surface area contributed by atoms with Gasteiger partial charge in [-0.25, -0.2) is 4.79 Å². The Hall–Kier alpha value is -10.2. The van der Waals surface area contributed by atoms with Crippen LogP contribution in [0, 0.1) is 22.7 Å². The fourth-order valence-electron chi connectivity index (χ4n) is 10.9. The van der Waals surface area contributed by atoms with Crippen molar-refractivity contribution in [2.75, 3.05) is 26.3 Å². The number of fused-ring (bicyclic) bond motifs is 4. The number of amides is 1. The largest absolute Gasteiger partial charge is 0.489 e. The summed E-state index contributed by atoms with van der Waals surface area (Å²) < 4.78 is 11.4. The molecule has 0 aliphatic carbocycles. The Kier molecular flexibility index (Phi) is 22.8. The van der Waals surface area contributed by atoms with Crippen LogP contribution in [0.15, 0.2) is 236 Å². The van der Waals surface area contributed by atoms with Crippen molar-refractivity contribution in [2.45, 2.75) is 89.3 Å². The number of H-pyrrole nitrogens is 2. The Morgan fingerprint density at radius 3 is 1.57 bits per heavy atom. The van der Waals surface area contributed by atoms with E-state index in [4.69, 9.17) is 20.5 Å². The summed E-state index contributed by atoms with van der Waals surface area (Å²) in [5.41, 5.74) is 11.7. The van der Waals surface area contributed by atoms with Crippen molar-refractivity contribution in [2.24, 2.45) is 10.7 Å². The molecule has 11 rings (SSSR count). The van der Waals surface area contributed by atoms with Crippen LogP contribution in [0.1, 0.15) is 81.0 Å². The van der Waals surface area contributed by atoms with E-state index in [0.717, 1.165) is 50.1 Å².